The molecule has 1 aliphatic rings. The highest BCUT2D eigenvalue weighted by molar-refractivity contribution is 5.90. The monoisotopic (exact) mass is 251 g/mol. The second-order valence-electron chi connectivity index (χ2n) is 4.72. The van der Waals surface area contributed by atoms with Gasteiger partial charge < -0.3 is 10.5 Å². The normalized spacial score (nSPS) is 15.4. The Bertz CT molecular complexity index is 436. The molecule has 18 heavy (non-hydrogen) atoms. The van der Waals surface area contributed by atoms with E-state index in [1.807, 2.05) is 0 Å². The molecule has 5 nitrogen and oxygen atoms in total. The van der Waals surface area contributed by atoms with Crippen LogP contribution in [0.2, 0.25) is 0 Å². The molecule has 0 aliphatic heterocycles. The Balaban J connectivity index is 2.35. The van der Waals surface area contributed by atoms with E-state index in [0.29, 0.717) is 24.0 Å². The summed E-state index contributed by atoms with van der Waals surface area (Å²) in [5, 5.41) is 4.34. The Morgan fingerprint density at radius 3 is 2.72 bits per heavy atom. The first-order chi connectivity index (χ1) is 8.69. The van der Waals surface area contributed by atoms with Gasteiger partial charge >= 0.3 is 5.97 Å². The van der Waals surface area contributed by atoms with Crippen molar-refractivity contribution in [1.82, 2.24) is 9.78 Å². The fourth-order valence-electron chi connectivity index (χ4n) is 2.32. The van der Waals surface area contributed by atoms with Crippen LogP contribution in [-0.2, 0) is 11.3 Å². The van der Waals surface area contributed by atoms with Crippen LogP contribution in [0.15, 0.2) is 0 Å². The Morgan fingerprint density at radius 1 is 1.50 bits per heavy atom. The topological polar surface area (TPSA) is 70.1 Å². The fraction of sp³-hybridized carbons (Fsp3) is 0.692. The highest BCUT2D eigenvalue weighted by Gasteiger charge is 2.31. The molecule has 1 aromatic heterocycles. The first-order valence-electron chi connectivity index (χ1n) is 6.72. The number of anilines is 1. The molecular weight excluding hydrogens is 230 g/mol. The zero-order chi connectivity index (χ0) is 13.1. The van der Waals surface area contributed by atoms with Crippen molar-refractivity contribution in [2.24, 2.45) is 0 Å². The molecule has 1 aromatic rings. The van der Waals surface area contributed by atoms with Crippen molar-refractivity contribution in [3.05, 3.63) is 11.3 Å². The molecule has 0 saturated heterocycles. The van der Waals surface area contributed by atoms with E-state index in [1.165, 1.54) is 6.42 Å². The average Bonchev–Trinajstić information content (AvgIpc) is 2.57. The number of hydrogen-bond acceptors (Lipinski definition) is 4. The summed E-state index contributed by atoms with van der Waals surface area (Å²) < 4.78 is 6.80. The molecule has 0 amide bonds. The van der Waals surface area contributed by atoms with Gasteiger partial charge in [0.25, 0.3) is 0 Å². The van der Waals surface area contributed by atoms with Crippen molar-refractivity contribution < 1.29 is 9.53 Å². The van der Waals surface area contributed by atoms with Gasteiger partial charge in [0, 0.05) is 12.1 Å². The van der Waals surface area contributed by atoms with Gasteiger partial charge in [-0.2, -0.15) is 5.10 Å². The highest BCUT2D eigenvalue weighted by atomic mass is 16.5. The zero-order valence-corrected chi connectivity index (χ0v) is 11.1. The number of nitrogens with two attached hydrogens (primary N) is 1. The molecule has 0 atom stereocenters. The molecule has 0 bridgehead atoms. The quantitative estimate of drug-likeness (QED) is 0.815. The molecule has 0 aromatic carbocycles. The summed E-state index contributed by atoms with van der Waals surface area (Å²) in [6.07, 6.45) is 4.33. The second-order valence-corrected chi connectivity index (χ2v) is 4.72. The van der Waals surface area contributed by atoms with Gasteiger partial charge in [-0.05, 0) is 32.1 Å². The van der Waals surface area contributed by atoms with Gasteiger partial charge in [0.05, 0.1) is 6.61 Å². The summed E-state index contributed by atoms with van der Waals surface area (Å²) >= 11 is 0. The molecule has 5 heteroatoms. The summed E-state index contributed by atoms with van der Waals surface area (Å²) in [5.74, 6) is 0.681. The maximum atomic E-state index is 11.9. The van der Waals surface area contributed by atoms with E-state index in [-0.39, 0.29) is 5.97 Å². The van der Waals surface area contributed by atoms with E-state index in [0.717, 1.165) is 31.4 Å². The van der Waals surface area contributed by atoms with Crippen LogP contribution in [0.5, 0.6) is 0 Å². The maximum absolute atomic E-state index is 11.9. The number of nitrogens with zero attached hydrogens (tertiary/aromatic N) is 2. The molecule has 0 unspecified atom stereocenters. The minimum Gasteiger partial charge on any atom is -0.461 e. The lowest BCUT2D eigenvalue weighted by Gasteiger charge is -2.25. The van der Waals surface area contributed by atoms with Crippen LogP contribution in [0.3, 0.4) is 0 Å². The Hall–Kier alpha value is -1.52. The van der Waals surface area contributed by atoms with Crippen LogP contribution in [0.4, 0.5) is 5.82 Å². The summed E-state index contributed by atoms with van der Waals surface area (Å²) in [5.41, 5.74) is 7.46. The summed E-state index contributed by atoms with van der Waals surface area (Å²) in [4.78, 5) is 11.9. The van der Waals surface area contributed by atoms with E-state index < -0.39 is 0 Å². The lowest BCUT2D eigenvalue weighted by molar-refractivity contribution is 0.0516. The number of nitrogen functional groups attached to an aromatic ring is 1. The van der Waals surface area contributed by atoms with Gasteiger partial charge in [0.15, 0.2) is 5.69 Å². The van der Waals surface area contributed by atoms with Crippen LogP contribution < -0.4 is 5.73 Å². The zero-order valence-electron chi connectivity index (χ0n) is 11.1. The van der Waals surface area contributed by atoms with E-state index in [1.54, 1.807) is 11.6 Å². The first-order valence-corrected chi connectivity index (χ1v) is 6.72. The Labute approximate surface area is 107 Å². The van der Waals surface area contributed by atoms with E-state index in [9.17, 15) is 4.79 Å². The van der Waals surface area contributed by atoms with Gasteiger partial charge in [-0.15, -0.1) is 0 Å². The lowest BCUT2D eigenvalue weighted by Crippen LogP contribution is -2.15. The first kappa shape index (κ1) is 12.9. The molecular formula is C13H21N3O2. The molecule has 1 heterocycles. The lowest BCUT2D eigenvalue weighted by atomic mass is 9.79. The van der Waals surface area contributed by atoms with E-state index in [4.69, 9.17) is 10.5 Å². The number of ether oxygens (including phenoxy) is 1. The van der Waals surface area contributed by atoms with E-state index in [2.05, 4.69) is 12.0 Å². The van der Waals surface area contributed by atoms with Gasteiger partial charge in [-0.1, -0.05) is 13.3 Å². The molecule has 100 valence electrons. The average molecular weight is 251 g/mol. The number of aryl methyl sites for hydroxylation is 1. The van der Waals surface area contributed by atoms with Crippen LogP contribution >= 0.6 is 0 Å². The minimum atomic E-state index is -0.346. The third-order valence-electron chi connectivity index (χ3n) is 3.45. The van der Waals surface area contributed by atoms with E-state index >= 15 is 0 Å². The molecule has 0 spiro atoms. The smallest absolute Gasteiger partial charge is 0.359 e. The predicted octanol–water partition coefficient (Wildman–Crippen LogP) is 2.32. The maximum Gasteiger partial charge on any atom is 0.359 e. The number of esters is 1. The SMILES string of the molecule is CCCn1nc(C(=O)OCC)c(C2CCC2)c1N. The highest BCUT2D eigenvalue weighted by Crippen LogP contribution is 2.41. The summed E-state index contributed by atoms with van der Waals surface area (Å²) in [7, 11) is 0. The van der Waals surface area contributed by atoms with Gasteiger partial charge in [-0.3, -0.25) is 0 Å². The number of carbonyl (C=O) groups is 1. The fourth-order valence-corrected chi connectivity index (χ4v) is 2.32. The number of carbonyl (C=O) groups excluding carboxylic acids is 1. The van der Waals surface area contributed by atoms with Crippen LogP contribution in [-0.4, -0.2) is 22.4 Å². The number of rotatable bonds is 5. The largest absolute Gasteiger partial charge is 0.461 e. The third kappa shape index (κ3) is 2.21. The van der Waals surface area contributed by atoms with Crippen molar-refractivity contribution in [2.75, 3.05) is 12.3 Å². The molecule has 1 aliphatic carbocycles. The van der Waals surface area contributed by atoms with Gasteiger partial charge in [-0.25, -0.2) is 9.48 Å². The van der Waals surface area contributed by atoms with Gasteiger partial charge in [0.2, 0.25) is 0 Å². The van der Waals surface area contributed by atoms with Crippen LogP contribution in [0, 0.1) is 0 Å². The van der Waals surface area contributed by atoms with Crippen molar-refractivity contribution in [3.8, 4) is 0 Å². The Morgan fingerprint density at radius 2 is 2.22 bits per heavy atom. The Kier molecular flexibility index (Phi) is 3.89. The minimum absolute atomic E-state index is 0.346. The van der Waals surface area contributed by atoms with Crippen LogP contribution in [0.1, 0.15) is 61.5 Å². The van der Waals surface area contributed by atoms with Gasteiger partial charge in [0.1, 0.15) is 5.82 Å². The van der Waals surface area contributed by atoms with Crippen LogP contribution in [0.25, 0.3) is 0 Å². The van der Waals surface area contributed by atoms with Crippen molar-refractivity contribution in [1.29, 1.82) is 0 Å². The number of aromatic nitrogens is 2. The van der Waals surface area contributed by atoms with Crippen molar-refractivity contribution in [2.45, 2.75) is 52.0 Å². The summed E-state index contributed by atoms with van der Waals surface area (Å²) in [6.45, 7) is 4.97. The summed E-state index contributed by atoms with van der Waals surface area (Å²) in [6, 6.07) is 0. The third-order valence-corrected chi connectivity index (χ3v) is 3.45. The molecule has 1 saturated carbocycles. The molecule has 2 rings (SSSR count). The predicted molar refractivity (Wildman–Crippen MR) is 69.5 cm³/mol. The molecule has 2 N–H and O–H groups in total. The molecule has 0 radical (unpaired) electrons. The molecule has 1 fully saturated rings. The van der Waals surface area contributed by atoms with Crippen molar-refractivity contribution >= 4 is 11.8 Å². The van der Waals surface area contributed by atoms with Crippen molar-refractivity contribution in [3.63, 3.8) is 0 Å². The second kappa shape index (κ2) is 5.42. The number of hydrogen-bond donors (Lipinski definition) is 1. The standard InChI is InChI=1S/C13H21N3O2/c1-3-8-16-12(14)10(9-6-5-7-9)11(15-16)13(17)18-4-2/h9H,3-8,14H2,1-2H3.